The summed E-state index contributed by atoms with van der Waals surface area (Å²) in [5.74, 6) is 1.09. The Bertz CT molecular complexity index is 616. The number of benzene rings is 1. The smallest absolute Gasteiger partial charge is 0.223 e. The standard InChI is InChI=1S/C16H16FNO2/c17-14-5-2-1-4-13(14)15-8-6-12(20-15)7-9-16(19)18-10-3-11-18/h1-2,4-6,8H,3,7,9-11H2. The van der Waals surface area contributed by atoms with Gasteiger partial charge < -0.3 is 9.32 Å². The lowest BCUT2D eigenvalue weighted by atomic mass is 10.1. The molecule has 0 aliphatic carbocycles. The molecule has 0 spiro atoms. The van der Waals surface area contributed by atoms with Crippen molar-refractivity contribution in [2.24, 2.45) is 0 Å². The lowest BCUT2D eigenvalue weighted by molar-refractivity contribution is -0.134. The second-order valence-electron chi connectivity index (χ2n) is 4.98. The van der Waals surface area contributed by atoms with E-state index in [-0.39, 0.29) is 11.7 Å². The van der Waals surface area contributed by atoms with Crippen LogP contribution in [0.4, 0.5) is 4.39 Å². The van der Waals surface area contributed by atoms with E-state index in [9.17, 15) is 9.18 Å². The van der Waals surface area contributed by atoms with Crippen molar-refractivity contribution in [1.29, 1.82) is 0 Å². The Balaban J connectivity index is 1.65. The molecule has 20 heavy (non-hydrogen) atoms. The van der Waals surface area contributed by atoms with Crippen molar-refractivity contribution in [2.45, 2.75) is 19.3 Å². The van der Waals surface area contributed by atoms with Crippen molar-refractivity contribution in [3.63, 3.8) is 0 Å². The van der Waals surface area contributed by atoms with Crippen LogP contribution in [0.5, 0.6) is 0 Å². The summed E-state index contributed by atoms with van der Waals surface area (Å²) >= 11 is 0. The zero-order valence-electron chi connectivity index (χ0n) is 11.1. The third kappa shape index (κ3) is 2.59. The number of halogens is 1. The van der Waals surface area contributed by atoms with Gasteiger partial charge in [-0.25, -0.2) is 4.39 Å². The summed E-state index contributed by atoms with van der Waals surface area (Å²) in [6.45, 7) is 1.74. The SMILES string of the molecule is O=C(CCc1ccc(-c2ccccc2F)o1)N1CCC1. The zero-order chi connectivity index (χ0) is 13.9. The first-order valence-corrected chi connectivity index (χ1v) is 6.85. The summed E-state index contributed by atoms with van der Waals surface area (Å²) in [5, 5.41) is 0. The van der Waals surface area contributed by atoms with E-state index < -0.39 is 0 Å². The zero-order valence-corrected chi connectivity index (χ0v) is 11.1. The molecule has 0 radical (unpaired) electrons. The number of furan rings is 1. The number of amides is 1. The molecule has 3 nitrogen and oxygen atoms in total. The van der Waals surface area contributed by atoms with Crippen LogP contribution >= 0.6 is 0 Å². The van der Waals surface area contributed by atoms with Crippen LogP contribution in [0.15, 0.2) is 40.8 Å². The summed E-state index contributed by atoms with van der Waals surface area (Å²) < 4.78 is 19.3. The summed E-state index contributed by atoms with van der Waals surface area (Å²) in [4.78, 5) is 13.6. The fourth-order valence-electron chi connectivity index (χ4n) is 2.27. The average molecular weight is 273 g/mol. The quantitative estimate of drug-likeness (QED) is 0.856. The van der Waals surface area contributed by atoms with E-state index in [1.165, 1.54) is 6.07 Å². The molecule has 0 unspecified atom stereocenters. The molecule has 2 aromatic rings. The second kappa shape index (κ2) is 5.49. The van der Waals surface area contributed by atoms with Crippen LogP contribution in [0.25, 0.3) is 11.3 Å². The average Bonchev–Trinajstić information content (AvgIpc) is 2.83. The molecule has 0 N–H and O–H groups in total. The van der Waals surface area contributed by atoms with Gasteiger partial charge in [-0.1, -0.05) is 12.1 Å². The first-order valence-electron chi connectivity index (χ1n) is 6.85. The van der Waals surface area contributed by atoms with Gasteiger partial charge >= 0.3 is 0 Å². The van der Waals surface area contributed by atoms with E-state index in [1.54, 1.807) is 24.3 Å². The summed E-state index contributed by atoms with van der Waals surface area (Å²) in [6.07, 6.45) is 2.11. The van der Waals surface area contributed by atoms with Crippen molar-refractivity contribution in [1.82, 2.24) is 4.90 Å². The highest BCUT2D eigenvalue weighted by molar-refractivity contribution is 5.77. The van der Waals surface area contributed by atoms with Crippen LogP contribution in [0.2, 0.25) is 0 Å². The minimum Gasteiger partial charge on any atom is -0.461 e. The molecule has 2 heterocycles. The van der Waals surface area contributed by atoms with Gasteiger partial charge in [-0.3, -0.25) is 4.79 Å². The maximum atomic E-state index is 13.6. The predicted octanol–water partition coefficient (Wildman–Crippen LogP) is 3.25. The number of likely N-dealkylation sites (tertiary alicyclic amines) is 1. The van der Waals surface area contributed by atoms with Crippen LogP contribution in [0.1, 0.15) is 18.6 Å². The number of hydrogen-bond acceptors (Lipinski definition) is 2. The first kappa shape index (κ1) is 12.9. The molecule has 1 aliphatic rings. The highest BCUT2D eigenvalue weighted by Gasteiger charge is 2.20. The van der Waals surface area contributed by atoms with E-state index in [0.717, 1.165) is 25.3 Å². The third-order valence-electron chi connectivity index (χ3n) is 3.60. The van der Waals surface area contributed by atoms with Crippen molar-refractivity contribution >= 4 is 5.91 Å². The largest absolute Gasteiger partial charge is 0.461 e. The molecule has 1 aromatic heterocycles. The van der Waals surface area contributed by atoms with Crippen LogP contribution in [-0.4, -0.2) is 23.9 Å². The van der Waals surface area contributed by atoms with Gasteiger partial charge in [0.15, 0.2) is 0 Å². The summed E-state index contributed by atoms with van der Waals surface area (Å²) in [5.41, 5.74) is 0.452. The van der Waals surface area contributed by atoms with Gasteiger partial charge in [-0.2, -0.15) is 0 Å². The predicted molar refractivity (Wildman–Crippen MR) is 73.6 cm³/mol. The second-order valence-corrected chi connectivity index (χ2v) is 4.98. The van der Waals surface area contributed by atoms with Crippen LogP contribution in [0, 0.1) is 5.82 Å². The number of nitrogens with zero attached hydrogens (tertiary/aromatic N) is 1. The van der Waals surface area contributed by atoms with Crippen LogP contribution in [0.3, 0.4) is 0 Å². The molecule has 1 fully saturated rings. The monoisotopic (exact) mass is 273 g/mol. The number of rotatable bonds is 4. The number of aryl methyl sites for hydroxylation is 1. The number of hydrogen-bond donors (Lipinski definition) is 0. The van der Waals surface area contributed by atoms with Crippen molar-refractivity contribution < 1.29 is 13.6 Å². The van der Waals surface area contributed by atoms with E-state index in [2.05, 4.69) is 0 Å². The number of carbonyl (C=O) groups excluding carboxylic acids is 1. The lowest BCUT2D eigenvalue weighted by Crippen LogP contribution is -2.42. The molecule has 0 bridgehead atoms. The Labute approximate surface area is 117 Å². The Morgan fingerprint density at radius 2 is 2.00 bits per heavy atom. The topological polar surface area (TPSA) is 33.5 Å². The highest BCUT2D eigenvalue weighted by Crippen LogP contribution is 2.25. The molecule has 4 heteroatoms. The lowest BCUT2D eigenvalue weighted by Gasteiger charge is -2.30. The van der Waals surface area contributed by atoms with E-state index >= 15 is 0 Å². The van der Waals surface area contributed by atoms with E-state index in [4.69, 9.17) is 4.42 Å². The molecule has 0 saturated carbocycles. The molecule has 3 rings (SSSR count). The van der Waals surface area contributed by atoms with Crippen molar-refractivity contribution in [3.05, 3.63) is 48.0 Å². The van der Waals surface area contributed by atoms with Gasteiger partial charge in [0.25, 0.3) is 0 Å². The first-order chi connectivity index (χ1) is 9.74. The molecular weight excluding hydrogens is 257 g/mol. The van der Waals surface area contributed by atoms with Gasteiger partial charge in [0.1, 0.15) is 17.3 Å². The fraction of sp³-hybridized carbons (Fsp3) is 0.312. The minimum atomic E-state index is -0.301. The molecular formula is C16H16FNO2. The number of carbonyl (C=O) groups is 1. The van der Waals surface area contributed by atoms with Crippen LogP contribution < -0.4 is 0 Å². The summed E-state index contributed by atoms with van der Waals surface area (Å²) in [6, 6.07) is 10.1. The molecule has 1 saturated heterocycles. The van der Waals surface area contributed by atoms with E-state index in [1.807, 2.05) is 11.0 Å². The van der Waals surface area contributed by atoms with Gasteiger partial charge in [0, 0.05) is 25.9 Å². The van der Waals surface area contributed by atoms with Crippen molar-refractivity contribution in [3.8, 4) is 11.3 Å². The van der Waals surface area contributed by atoms with Gasteiger partial charge in [0.2, 0.25) is 5.91 Å². The van der Waals surface area contributed by atoms with Gasteiger partial charge in [-0.15, -0.1) is 0 Å². The summed E-state index contributed by atoms with van der Waals surface area (Å²) in [7, 11) is 0. The third-order valence-corrected chi connectivity index (χ3v) is 3.60. The normalized spacial score (nSPS) is 14.2. The molecule has 0 atom stereocenters. The molecule has 1 aliphatic heterocycles. The van der Waals surface area contributed by atoms with Crippen LogP contribution in [-0.2, 0) is 11.2 Å². The fourth-order valence-corrected chi connectivity index (χ4v) is 2.27. The molecule has 1 aromatic carbocycles. The Hall–Kier alpha value is -2.10. The van der Waals surface area contributed by atoms with E-state index in [0.29, 0.717) is 24.2 Å². The Morgan fingerprint density at radius 1 is 1.20 bits per heavy atom. The Kier molecular flexibility index (Phi) is 3.54. The maximum Gasteiger partial charge on any atom is 0.223 e. The minimum absolute atomic E-state index is 0.167. The van der Waals surface area contributed by atoms with Gasteiger partial charge in [-0.05, 0) is 30.7 Å². The van der Waals surface area contributed by atoms with Gasteiger partial charge in [0.05, 0.1) is 5.56 Å². The molecule has 104 valence electrons. The Morgan fingerprint density at radius 3 is 2.70 bits per heavy atom. The highest BCUT2D eigenvalue weighted by atomic mass is 19.1. The maximum absolute atomic E-state index is 13.6. The molecule has 1 amide bonds. The van der Waals surface area contributed by atoms with Crippen molar-refractivity contribution in [2.75, 3.05) is 13.1 Å².